The van der Waals surface area contributed by atoms with E-state index in [4.69, 9.17) is 10.5 Å². The highest BCUT2D eigenvalue weighted by molar-refractivity contribution is 7.91. The zero-order valence-corrected chi connectivity index (χ0v) is 24.0. The first kappa shape index (κ1) is 30.8. The van der Waals surface area contributed by atoms with Crippen molar-refractivity contribution in [3.05, 3.63) is 41.7 Å². The number of carbonyl (C=O) groups is 2. The summed E-state index contributed by atoms with van der Waals surface area (Å²) < 4.78 is 102. The number of rotatable bonds is 8. The number of methoxy groups -OCH3 is 1. The summed E-state index contributed by atoms with van der Waals surface area (Å²) in [5.74, 6) is -4.87. The second-order valence-electron chi connectivity index (χ2n) is 10.2. The smallest absolute Gasteiger partial charge is 0.416 e. The van der Waals surface area contributed by atoms with Gasteiger partial charge in [-0.05, 0) is 29.5 Å². The molecule has 2 aliphatic heterocycles. The van der Waals surface area contributed by atoms with Gasteiger partial charge in [0.15, 0.2) is 9.34 Å². The quantitative estimate of drug-likeness (QED) is 0.278. The monoisotopic (exact) mass is 648 g/mol. The molecule has 4 heterocycles. The van der Waals surface area contributed by atoms with E-state index < -0.39 is 71.0 Å². The van der Waals surface area contributed by atoms with Crippen LogP contribution in [0.4, 0.5) is 32.9 Å². The normalized spacial score (nSPS) is 19.8. The number of thiazole rings is 1. The Hall–Kier alpha value is -3.64. The lowest BCUT2D eigenvalue weighted by atomic mass is 9.95. The molecule has 11 nitrogen and oxygen atoms in total. The van der Waals surface area contributed by atoms with Gasteiger partial charge >= 0.3 is 12.1 Å². The minimum atomic E-state index is -4.84. The van der Waals surface area contributed by atoms with Gasteiger partial charge in [0.2, 0.25) is 5.91 Å². The maximum atomic E-state index is 14.1. The molecule has 5 rings (SSSR count). The summed E-state index contributed by atoms with van der Waals surface area (Å²) in [6.45, 7) is -0.764. The summed E-state index contributed by atoms with van der Waals surface area (Å²) >= 11 is 0.658. The summed E-state index contributed by atoms with van der Waals surface area (Å²) in [7, 11) is -3.32. The number of halogens is 5. The molecule has 18 heteroatoms. The van der Waals surface area contributed by atoms with Gasteiger partial charge in [-0.3, -0.25) is 4.79 Å². The minimum absolute atomic E-state index is 0.00402. The van der Waals surface area contributed by atoms with Crippen molar-refractivity contribution in [2.75, 3.05) is 37.4 Å². The zero-order chi connectivity index (χ0) is 31.3. The number of hydrogen-bond acceptors (Lipinski definition) is 10. The van der Waals surface area contributed by atoms with Gasteiger partial charge < -0.3 is 20.3 Å². The Kier molecular flexibility index (Phi) is 7.97. The van der Waals surface area contributed by atoms with Crippen molar-refractivity contribution < 1.29 is 44.7 Å². The Balaban J connectivity index is 1.37. The largest absolute Gasteiger partial charge is 0.467 e. The molecule has 43 heavy (non-hydrogen) atoms. The van der Waals surface area contributed by atoms with Crippen molar-refractivity contribution in [3.8, 4) is 0 Å². The number of alkyl halides is 5. The molecule has 2 aromatic heterocycles. The maximum absolute atomic E-state index is 14.1. The van der Waals surface area contributed by atoms with Crippen LogP contribution in [0.3, 0.4) is 0 Å². The minimum Gasteiger partial charge on any atom is -0.467 e. The van der Waals surface area contributed by atoms with Crippen molar-refractivity contribution in [3.63, 3.8) is 0 Å². The van der Waals surface area contributed by atoms with Gasteiger partial charge in [-0.15, -0.1) is 0 Å². The van der Waals surface area contributed by atoms with Crippen LogP contribution in [0.15, 0.2) is 34.8 Å². The molecule has 2 saturated heterocycles. The summed E-state index contributed by atoms with van der Waals surface area (Å²) in [6.07, 6.45) is -3.59. The first-order valence-electron chi connectivity index (χ1n) is 12.8. The second-order valence-corrected chi connectivity index (χ2v) is 13.1. The standard InChI is InChI=1S/C25H25F5N6O5S2/c1-41-22(38)18(9-14-8-13-2-5-32-20(31)15(13)10-16(14)25(28,29)30)36-6-3-17(21(36)37)34-43(39,40)19-11-33-23(42-19)35-7-4-24(26,27)12-35/h2,5,8,10-11,17-18,34H,3-4,6-7,9,12H2,1H3,(H2,31,32). The highest BCUT2D eigenvalue weighted by Crippen LogP contribution is 2.38. The van der Waals surface area contributed by atoms with Crippen LogP contribution in [0, 0.1) is 0 Å². The van der Waals surface area contributed by atoms with Crippen molar-refractivity contribution >= 4 is 55.0 Å². The molecule has 1 aromatic carbocycles. The number of fused-ring (bicyclic) bond motifs is 1. The number of ether oxygens (including phenoxy) is 1. The average Bonchev–Trinajstić information content (AvgIpc) is 3.65. The molecule has 0 saturated carbocycles. The number of benzene rings is 1. The van der Waals surface area contributed by atoms with E-state index in [1.165, 1.54) is 23.2 Å². The van der Waals surface area contributed by atoms with Crippen LogP contribution in [0.25, 0.3) is 10.8 Å². The van der Waals surface area contributed by atoms with E-state index >= 15 is 0 Å². The van der Waals surface area contributed by atoms with Gasteiger partial charge in [-0.1, -0.05) is 17.4 Å². The Morgan fingerprint density at radius 1 is 1.28 bits per heavy atom. The topological polar surface area (TPSA) is 148 Å². The van der Waals surface area contributed by atoms with Crippen LogP contribution in [-0.4, -0.2) is 79.9 Å². The number of sulfonamides is 1. The van der Waals surface area contributed by atoms with Crippen molar-refractivity contribution in [2.45, 2.75) is 47.7 Å². The van der Waals surface area contributed by atoms with Crippen LogP contribution in [0.2, 0.25) is 0 Å². The fourth-order valence-electron chi connectivity index (χ4n) is 5.17. The van der Waals surface area contributed by atoms with Gasteiger partial charge in [0.25, 0.3) is 15.9 Å². The van der Waals surface area contributed by atoms with Crippen LogP contribution >= 0.6 is 11.3 Å². The summed E-state index contributed by atoms with van der Waals surface area (Å²) in [6, 6.07) is 0.648. The number of aromatic nitrogens is 2. The van der Waals surface area contributed by atoms with Crippen LogP contribution < -0.4 is 15.4 Å². The number of likely N-dealkylation sites (tertiary alicyclic amines) is 1. The van der Waals surface area contributed by atoms with Crippen molar-refractivity contribution in [2.24, 2.45) is 0 Å². The van der Waals surface area contributed by atoms with E-state index in [-0.39, 0.29) is 45.6 Å². The lowest BCUT2D eigenvalue weighted by molar-refractivity contribution is -0.151. The number of esters is 1. The highest BCUT2D eigenvalue weighted by atomic mass is 32.2. The molecular weight excluding hydrogens is 623 g/mol. The summed E-state index contributed by atoms with van der Waals surface area (Å²) in [5.41, 5.74) is 4.38. The first-order valence-corrected chi connectivity index (χ1v) is 15.1. The third kappa shape index (κ3) is 6.21. The predicted octanol–water partition coefficient (Wildman–Crippen LogP) is 2.80. The number of amides is 1. The molecule has 2 unspecified atom stereocenters. The van der Waals surface area contributed by atoms with Gasteiger partial charge in [0.05, 0.1) is 25.4 Å². The number of nitrogen functional groups attached to an aromatic ring is 1. The maximum Gasteiger partial charge on any atom is 0.416 e. The van der Waals surface area contributed by atoms with Gasteiger partial charge in [0.1, 0.15) is 17.9 Å². The summed E-state index contributed by atoms with van der Waals surface area (Å²) in [4.78, 5) is 36.1. The number of pyridine rings is 1. The lowest BCUT2D eigenvalue weighted by Crippen LogP contribution is -2.48. The van der Waals surface area contributed by atoms with Gasteiger partial charge in [-0.2, -0.15) is 17.9 Å². The Bertz CT molecular complexity index is 1680. The van der Waals surface area contributed by atoms with E-state index in [2.05, 4.69) is 14.7 Å². The molecule has 0 radical (unpaired) electrons. The number of anilines is 2. The second kappa shape index (κ2) is 11.1. The zero-order valence-electron chi connectivity index (χ0n) is 22.4. The number of hydrogen-bond donors (Lipinski definition) is 2. The van der Waals surface area contributed by atoms with E-state index in [0.29, 0.717) is 16.7 Å². The molecule has 3 aromatic rings. The molecular formula is C25H25F5N6O5S2. The first-order chi connectivity index (χ1) is 20.1. The molecule has 0 spiro atoms. The Labute approximate surface area is 245 Å². The molecule has 232 valence electrons. The lowest BCUT2D eigenvalue weighted by Gasteiger charge is -2.27. The Morgan fingerprint density at radius 3 is 2.67 bits per heavy atom. The van der Waals surface area contributed by atoms with Crippen LogP contribution in [0.5, 0.6) is 0 Å². The van der Waals surface area contributed by atoms with E-state index in [1.807, 2.05) is 0 Å². The number of nitrogens with two attached hydrogens (primary N) is 1. The highest BCUT2D eigenvalue weighted by Gasteiger charge is 2.44. The third-order valence-corrected chi connectivity index (χ3v) is 10.3. The van der Waals surface area contributed by atoms with E-state index in [1.54, 1.807) is 0 Å². The average molecular weight is 649 g/mol. The molecule has 3 N–H and O–H groups in total. The predicted molar refractivity (Wildman–Crippen MR) is 145 cm³/mol. The molecule has 2 aliphatic rings. The fraction of sp³-hybridized carbons (Fsp3) is 0.440. The van der Waals surface area contributed by atoms with Crippen molar-refractivity contribution in [1.82, 2.24) is 19.6 Å². The number of nitrogens with zero attached hydrogens (tertiary/aromatic N) is 4. The summed E-state index contributed by atoms with van der Waals surface area (Å²) in [5, 5.41) is 0.472. The van der Waals surface area contributed by atoms with Crippen molar-refractivity contribution in [1.29, 1.82) is 0 Å². The van der Waals surface area contributed by atoms with E-state index in [0.717, 1.165) is 24.3 Å². The molecule has 2 atom stereocenters. The van der Waals surface area contributed by atoms with Crippen LogP contribution in [0.1, 0.15) is 24.0 Å². The van der Waals surface area contributed by atoms with E-state index in [9.17, 15) is 40.0 Å². The number of carbonyl (C=O) groups excluding carboxylic acids is 2. The SMILES string of the molecule is COC(=O)C(Cc1cc2ccnc(N)c2cc1C(F)(F)F)N1CCC(NS(=O)(=O)c2cnc(N3CCC(F)(F)C3)s2)C1=O. The molecule has 0 bridgehead atoms. The molecule has 2 fully saturated rings. The van der Waals surface area contributed by atoms with Gasteiger partial charge in [-0.25, -0.2) is 32.0 Å². The third-order valence-electron chi connectivity index (χ3n) is 7.30. The van der Waals surface area contributed by atoms with Crippen LogP contribution in [-0.2, 0) is 36.9 Å². The fourth-order valence-corrected chi connectivity index (χ4v) is 7.56. The Morgan fingerprint density at radius 2 is 2.02 bits per heavy atom. The number of nitrogens with one attached hydrogen (secondary N) is 1. The molecule has 1 amide bonds. The van der Waals surface area contributed by atoms with Gasteiger partial charge in [0, 0.05) is 37.5 Å². The molecule has 0 aliphatic carbocycles.